The van der Waals surface area contributed by atoms with Crippen molar-refractivity contribution in [3.05, 3.63) is 40.6 Å². The summed E-state index contributed by atoms with van der Waals surface area (Å²) in [6, 6.07) is 6.76. The van der Waals surface area contributed by atoms with Crippen molar-refractivity contribution in [3.63, 3.8) is 0 Å². The fourth-order valence-corrected chi connectivity index (χ4v) is 2.94. The Labute approximate surface area is 108 Å². The van der Waals surface area contributed by atoms with Crippen LogP contribution in [0.1, 0.15) is 28.8 Å². The summed E-state index contributed by atoms with van der Waals surface area (Å²) in [7, 11) is 1.96. The average molecular weight is 241 g/mol. The largest absolute Gasteiger partial charge is 0.325 e. The maximum absolute atomic E-state index is 5.77. The van der Waals surface area contributed by atoms with E-state index in [1.165, 1.54) is 41.5 Å². The van der Waals surface area contributed by atoms with Crippen molar-refractivity contribution >= 4 is 0 Å². The molecule has 0 atom stereocenters. The van der Waals surface area contributed by atoms with E-state index in [9.17, 15) is 0 Å². The van der Waals surface area contributed by atoms with Gasteiger partial charge in [-0.15, -0.1) is 0 Å². The molecule has 1 aromatic heterocycles. The zero-order chi connectivity index (χ0) is 12.7. The summed E-state index contributed by atoms with van der Waals surface area (Å²) in [6.07, 6.45) is 3.72. The van der Waals surface area contributed by atoms with Gasteiger partial charge in [0.1, 0.15) is 0 Å². The van der Waals surface area contributed by atoms with Gasteiger partial charge in [-0.05, 0) is 48.9 Å². The molecule has 1 aliphatic rings. The molecular formula is C15H19N3. The second kappa shape index (κ2) is 4.25. The van der Waals surface area contributed by atoms with Crippen molar-refractivity contribution in [2.24, 2.45) is 12.8 Å². The molecule has 2 aromatic rings. The Kier molecular flexibility index (Phi) is 2.71. The van der Waals surface area contributed by atoms with Crippen LogP contribution >= 0.6 is 0 Å². The topological polar surface area (TPSA) is 43.8 Å². The highest BCUT2D eigenvalue weighted by Gasteiger charge is 2.16. The normalized spacial score (nSPS) is 13.9. The number of nitrogens with zero attached hydrogens (tertiary/aromatic N) is 2. The van der Waals surface area contributed by atoms with Gasteiger partial charge in [-0.25, -0.2) is 0 Å². The predicted molar refractivity (Wildman–Crippen MR) is 73.3 cm³/mol. The number of aryl methyl sites for hydroxylation is 3. The van der Waals surface area contributed by atoms with Gasteiger partial charge in [0.2, 0.25) is 0 Å². The summed E-state index contributed by atoms with van der Waals surface area (Å²) in [5.74, 6) is 0. The highest BCUT2D eigenvalue weighted by Crippen LogP contribution is 2.29. The van der Waals surface area contributed by atoms with Gasteiger partial charge in [0, 0.05) is 19.2 Å². The third kappa shape index (κ3) is 1.66. The molecule has 2 N–H and O–H groups in total. The van der Waals surface area contributed by atoms with Crippen LogP contribution in [0, 0.1) is 6.92 Å². The van der Waals surface area contributed by atoms with E-state index >= 15 is 0 Å². The molecule has 18 heavy (non-hydrogen) atoms. The number of fused-ring (bicyclic) bond motifs is 1. The van der Waals surface area contributed by atoms with Gasteiger partial charge in [0.15, 0.2) is 0 Å². The van der Waals surface area contributed by atoms with Crippen molar-refractivity contribution in [2.45, 2.75) is 32.7 Å². The molecule has 0 fully saturated rings. The van der Waals surface area contributed by atoms with E-state index in [2.05, 4.69) is 30.2 Å². The maximum atomic E-state index is 5.77. The highest BCUT2D eigenvalue weighted by molar-refractivity contribution is 5.65. The maximum Gasteiger partial charge on any atom is 0.0955 e. The van der Waals surface area contributed by atoms with E-state index in [0.717, 1.165) is 11.4 Å². The number of nitrogens with two attached hydrogens (primary N) is 1. The highest BCUT2D eigenvalue weighted by atomic mass is 15.3. The Morgan fingerprint density at radius 3 is 2.78 bits per heavy atom. The molecule has 0 saturated heterocycles. The fourth-order valence-electron chi connectivity index (χ4n) is 2.94. The SMILES string of the molecule is Cc1c(-c2ccc3c(c2)CCC3)nn(C)c1CN. The Hall–Kier alpha value is -1.61. The van der Waals surface area contributed by atoms with E-state index < -0.39 is 0 Å². The van der Waals surface area contributed by atoms with Crippen molar-refractivity contribution < 1.29 is 0 Å². The molecule has 1 aliphatic carbocycles. The predicted octanol–water partition coefficient (Wildman–Crippen LogP) is 2.34. The van der Waals surface area contributed by atoms with Gasteiger partial charge in [-0.1, -0.05) is 12.1 Å². The van der Waals surface area contributed by atoms with Gasteiger partial charge in [0.05, 0.1) is 11.4 Å². The molecular weight excluding hydrogens is 222 g/mol. The van der Waals surface area contributed by atoms with Gasteiger partial charge < -0.3 is 5.73 Å². The number of benzene rings is 1. The van der Waals surface area contributed by atoms with Gasteiger partial charge in [0.25, 0.3) is 0 Å². The summed E-state index contributed by atoms with van der Waals surface area (Å²) < 4.78 is 1.90. The van der Waals surface area contributed by atoms with Crippen LogP contribution in [0.25, 0.3) is 11.3 Å². The molecule has 3 rings (SSSR count). The Morgan fingerprint density at radius 1 is 1.28 bits per heavy atom. The number of aromatic nitrogens is 2. The number of hydrogen-bond donors (Lipinski definition) is 1. The summed E-state index contributed by atoms with van der Waals surface area (Å²) in [5.41, 5.74) is 13.4. The van der Waals surface area contributed by atoms with Crippen molar-refractivity contribution in [1.82, 2.24) is 9.78 Å². The van der Waals surface area contributed by atoms with E-state index in [1.54, 1.807) is 0 Å². The zero-order valence-corrected chi connectivity index (χ0v) is 11.0. The second-order valence-corrected chi connectivity index (χ2v) is 5.09. The van der Waals surface area contributed by atoms with Crippen LogP contribution in [0.5, 0.6) is 0 Å². The number of rotatable bonds is 2. The van der Waals surface area contributed by atoms with Crippen LogP contribution in [0.2, 0.25) is 0 Å². The molecule has 1 aromatic carbocycles. The molecule has 0 spiro atoms. The Bertz CT molecular complexity index is 596. The van der Waals surface area contributed by atoms with E-state index in [0.29, 0.717) is 6.54 Å². The first-order chi connectivity index (χ1) is 8.70. The second-order valence-electron chi connectivity index (χ2n) is 5.09. The lowest BCUT2D eigenvalue weighted by molar-refractivity contribution is 0.712. The van der Waals surface area contributed by atoms with E-state index in [4.69, 9.17) is 5.73 Å². The minimum Gasteiger partial charge on any atom is -0.325 e. The first kappa shape index (κ1) is 11.5. The third-order valence-electron chi connectivity index (χ3n) is 3.99. The van der Waals surface area contributed by atoms with Crippen LogP contribution in [-0.2, 0) is 26.4 Å². The molecule has 0 amide bonds. The van der Waals surface area contributed by atoms with Gasteiger partial charge in [-0.3, -0.25) is 4.68 Å². The van der Waals surface area contributed by atoms with Crippen LogP contribution < -0.4 is 5.73 Å². The minimum atomic E-state index is 0.542. The average Bonchev–Trinajstić information content (AvgIpc) is 2.93. The van der Waals surface area contributed by atoms with Crippen LogP contribution in [0.3, 0.4) is 0 Å². The van der Waals surface area contributed by atoms with Crippen LogP contribution in [0.15, 0.2) is 18.2 Å². The van der Waals surface area contributed by atoms with Gasteiger partial charge >= 0.3 is 0 Å². The molecule has 3 heteroatoms. The molecule has 0 saturated carbocycles. The first-order valence-corrected chi connectivity index (χ1v) is 6.55. The fraction of sp³-hybridized carbons (Fsp3) is 0.400. The lowest BCUT2D eigenvalue weighted by atomic mass is 10.0. The molecule has 0 aliphatic heterocycles. The third-order valence-corrected chi connectivity index (χ3v) is 3.99. The molecule has 0 radical (unpaired) electrons. The zero-order valence-electron chi connectivity index (χ0n) is 11.0. The van der Waals surface area contributed by atoms with E-state index in [1.807, 2.05) is 11.7 Å². The lowest BCUT2D eigenvalue weighted by Gasteiger charge is -2.03. The summed E-state index contributed by atoms with van der Waals surface area (Å²) in [6.45, 7) is 2.65. The Balaban J connectivity index is 2.10. The minimum absolute atomic E-state index is 0.542. The molecule has 0 unspecified atom stereocenters. The Morgan fingerprint density at radius 2 is 2.06 bits per heavy atom. The summed E-state index contributed by atoms with van der Waals surface area (Å²) in [4.78, 5) is 0. The smallest absolute Gasteiger partial charge is 0.0955 e. The summed E-state index contributed by atoms with van der Waals surface area (Å²) >= 11 is 0. The molecule has 1 heterocycles. The van der Waals surface area contributed by atoms with Crippen LogP contribution in [0.4, 0.5) is 0 Å². The van der Waals surface area contributed by atoms with Crippen LogP contribution in [-0.4, -0.2) is 9.78 Å². The molecule has 3 nitrogen and oxygen atoms in total. The van der Waals surface area contributed by atoms with Crippen molar-refractivity contribution in [1.29, 1.82) is 0 Å². The standard InChI is InChI=1S/C15H19N3/c1-10-14(9-16)18(2)17-15(10)13-7-6-11-4-3-5-12(11)8-13/h6-8H,3-5,9,16H2,1-2H3. The van der Waals surface area contributed by atoms with E-state index in [-0.39, 0.29) is 0 Å². The summed E-state index contributed by atoms with van der Waals surface area (Å²) in [5, 5.41) is 4.61. The number of hydrogen-bond acceptors (Lipinski definition) is 2. The molecule has 0 bridgehead atoms. The first-order valence-electron chi connectivity index (χ1n) is 6.55. The van der Waals surface area contributed by atoms with Gasteiger partial charge in [-0.2, -0.15) is 5.10 Å². The van der Waals surface area contributed by atoms with Crippen molar-refractivity contribution in [2.75, 3.05) is 0 Å². The van der Waals surface area contributed by atoms with Crippen molar-refractivity contribution in [3.8, 4) is 11.3 Å². The quantitative estimate of drug-likeness (QED) is 0.877. The monoisotopic (exact) mass is 241 g/mol. The lowest BCUT2D eigenvalue weighted by Crippen LogP contribution is -2.05. The molecule has 94 valence electrons.